The van der Waals surface area contributed by atoms with Gasteiger partial charge in [-0.3, -0.25) is 13.8 Å². The molecule has 0 rings (SSSR count). The SMILES string of the molecule is CC/C=C\C/C=C\C/C=C\C/C=C\C/C=C\C/C=C\C/C=C\C/C=C\CCCCCCC(=O)NC(COP(=O)(O)OCC[N+](C)(C)C)C(O)CCCCCCCCCCCCCCCCCCCCCC. The van der Waals surface area contributed by atoms with Crippen molar-refractivity contribution in [2.75, 3.05) is 40.9 Å². The van der Waals surface area contributed by atoms with Crippen molar-refractivity contribution >= 4 is 13.7 Å². The molecule has 71 heavy (non-hydrogen) atoms. The van der Waals surface area contributed by atoms with Gasteiger partial charge < -0.3 is 19.8 Å². The van der Waals surface area contributed by atoms with Crippen molar-refractivity contribution in [3.63, 3.8) is 0 Å². The maximum absolute atomic E-state index is 13.0. The molecule has 0 aromatic rings. The van der Waals surface area contributed by atoms with Crippen LogP contribution in [-0.2, 0) is 18.4 Å². The van der Waals surface area contributed by atoms with Crippen LogP contribution in [0.25, 0.3) is 0 Å². The second kappa shape index (κ2) is 52.3. The topological polar surface area (TPSA) is 105 Å². The lowest BCUT2D eigenvalue weighted by Crippen LogP contribution is -2.46. The second-order valence-electron chi connectivity index (χ2n) is 20.6. The number of allylic oxidation sites excluding steroid dienone is 16. The Morgan fingerprint density at radius 1 is 0.493 bits per heavy atom. The second-order valence-corrected chi connectivity index (χ2v) is 22.1. The first-order valence-corrected chi connectivity index (χ1v) is 30.6. The van der Waals surface area contributed by atoms with Gasteiger partial charge >= 0.3 is 7.82 Å². The molecule has 8 nitrogen and oxygen atoms in total. The van der Waals surface area contributed by atoms with Gasteiger partial charge in [-0.25, -0.2) is 4.57 Å². The van der Waals surface area contributed by atoms with E-state index in [4.69, 9.17) is 9.05 Å². The average molecular weight is 1010 g/mol. The van der Waals surface area contributed by atoms with E-state index in [9.17, 15) is 19.4 Å². The Kier molecular flexibility index (Phi) is 50.4. The molecule has 0 saturated heterocycles. The highest BCUT2D eigenvalue weighted by molar-refractivity contribution is 7.47. The van der Waals surface area contributed by atoms with Crippen molar-refractivity contribution in [3.8, 4) is 0 Å². The first-order chi connectivity index (χ1) is 34.5. The summed E-state index contributed by atoms with van der Waals surface area (Å²) in [5, 5.41) is 14.1. The maximum Gasteiger partial charge on any atom is 0.472 e. The third-order valence-electron chi connectivity index (χ3n) is 12.6. The summed E-state index contributed by atoms with van der Waals surface area (Å²) in [5.41, 5.74) is 0. The number of aliphatic hydroxyl groups excluding tert-OH is 1. The summed E-state index contributed by atoms with van der Waals surface area (Å²) >= 11 is 0. The van der Waals surface area contributed by atoms with Crippen molar-refractivity contribution in [2.45, 2.75) is 251 Å². The number of aliphatic hydroxyl groups is 1. The molecular formula is C62H112N2O6P+. The van der Waals surface area contributed by atoms with Gasteiger partial charge in [-0.05, 0) is 77.0 Å². The lowest BCUT2D eigenvalue weighted by atomic mass is 10.0. The van der Waals surface area contributed by atoms with Crippen molar-refractivity contribution < 1.29 is 32.9 Å². The fraction of sp³-hybridized carbons (Fsp3) is 0.726. The van der Waals surface area contributed by atoms with Gasteiger partial charge in [-0.2, -0.15) is 0 Å². The van der Waals surface area contributed by atoms with Crippen molar-refractivity contribution in [1.29, 1.82) is 0 Å². The predicted octanol–water partition coefficient (Wildman–Crippen LogP) is 17.8. The molecule has 3 N–H and O–H groups in total. The Morgan fingerprint density at radius 3 is 1.24 bits per heavy atom. The van der Waals surface area contributed by atoms with Gasteiger partial charge in [-0.15, -0.1) is 0 Å². The predicted molar refractivity (Wildman–Crippen MR) is 309 cm³/mol. The molecule has 3 atom stereocenters. The fourth-order valence-electron chi connectivity index (χ4n) is 8.06. The zero-order chi connectivity index (χ0) is 52.0. The molecule has 0 aliphatic heterocycles. The maximum atomic E-state index is 13.0. The number of phosphoric acid groups is 1. The normalized spacial score (nSPS) is 14.6. The number of carbonyl (C=O) groups is 1. The van der Waals surface area contributed by atoms with Crippen LogP contribution in [-0.4, -0.2) is 73.4 Å². The van der Waals surface area contributed by atoms with Crippen LogP contribution in [0.1, 0.15) is 239 Å². The van der Waals surface area contributed by atoms with Crippen LogP contribution in [0.3, 0.4) is 0 Å². The molecule has 3 unspecified atom stereocenters. The number of nitrogens with zero attached hydrogens (tertiary/aromatic N) is 1. The lowest BCUT2D eigenvalue weighted by molar-refractivity contribution is -0.870. The highest BCUT2D eigenvalue weighted by atomic mass is 31.2. The van der Waals surface area contributed by atoms with E-state index >= 15 is 0 Å². The lowest BCUT2D eigenvalue weighted by Gasteiger charge is -2.26. The van der Waals surface area contributed by atoms with Crippen LogP contribution in [0.5, 0.6) is 0 Å². The Bertz CT molecular complexity index is 1470. The van der Waals surface area contributed by atoms with Crippen LogP contribution < -0.4 is 5.32 Å². The molecule has 0 aliphatic rings. The number of amides is 1. The first kappa shape index (κ1) is 68.4. The van der Waals surface area contributed by atoms with E-state index in [1.54, 1.807) is 0 Å². The highest BCUT2D eigenvalue weighted by Crippen LogP contribution is 2.43. The number of likely N-dealkylation sites (N-methyl/N-ethyl adjacent to an activating group) is 1. The molecule has 0 spiro atoms. The third kappa shape index (κ3) is 55.0. The molecule has 0 aromatic heterocycles. The van der Waals surface area contributed by atoms with Crippen LogP contribution >= 0.6 is 7.82 Å². The fourth-order valence-corrected chi connectivity index (χ4v) is 8.80. The number of hydrogen-bond acceptors (Lipinski definition) is 5. The summed E-state index contributed by atoms with van der Waals surface area (Å²) in [7, 11) is 1.59. The third-order valence-corrected chi connectivity index (χ3v) is 13.6. The van der Waals surface area contributed by atoms with E-state index in [0.717, 1.165) is 103 Å². The zero-order valence-electron chi connectivity index (χ0n) is 46.7. The standard InChI is InChI=1S/C62H111N2O6P/c1-6-8-10-12-14-16-18-20-22-24-26-28-29-30-31-32-33-34-35-36-38-40-42-44-46-48-50-52-54-56-62(66)63-60(59-70-71(67,68)69-58-57-64(3,4)5)61(65)55-53-51-49-47-45-43-41-39-37-27-25-23-21-19-17-15-13-11-9-7-2/h8,10,14,16,20,22,26,28,30-31,33-34,36,38,42,44,60-61,65H,6-7,9,11-13,15,17-19,21,23-25,27,29,32,35,37,39-41,43,45-59H2,1-5H3,(H-,63,66,67,68)/p+1/b10-8-,16-14-,22-20-,28-26-,31-30-,34-33-,38-36-,44-42-. The first-order valence-electron chi connectivity index (χ1n) is 29.1. The van der Waals surface area contributed by atoms with Gasteiger partial charge in [0, 0.05) is 6.42 Å². The van der Waals surface area contributed by atoms with Crippen LogP contribution in [0, 0.1) is 0 Å². The Labute approximate surface area is 439 Å². The van der Waals surface area contributed by atoms with Crippen LogP contribution in [0.2, 0.25) is 0 Å². The minimum atomic E-state index is -4.34. The minimum absolute atomic E-state index is 0.0643. The van der Waals surface area contributed by atoms with Crippen molar-refractivity contribution in [2.24, 2.45) is 0 Å². The molecule has 0 fully saturated rings. The molecule has 9 heteroatoms. The molecule has 0 aromatic carbocycles. The number of unbranched alkanes of at least 4 members (excludes halogenated alkanes) is 23. The molecule has 0 bridgehead atoms. The van der Waals surface area contributed by atoms with Gasteiger partial charge in [0.25, 0.3) is 0 Å². The van der Waals surface area contributed by atoms with Gasteiger partial charge in [0.1, 0.15) is 13.2 Å². The Balaban J connectivity index is 4.28. The summed E-state index contributed by atoms with van der Waals surface area (Å²) in [6, 6.07) is -0.782. The van der Waals surface area contributed by atoms with Gasteiger partial charge in [0.15, 0.2) is 0 Å². The van der Waals surface area contributed by atoms with E-state index in [1.807, 2.05) is 21.1 Å². The van der Waals surface area contributed by atoms with E-state index in [2.05, 4.69) is 116 Å². The Morgan fingerprint density at radius 2 is 0.845 bits per heavy atom. The van der Waals surface area contributed by atoms with E-state index in [0.29, 0.717) is 23.9 Å². The van der Waals surface area contributed by atoms with E-state index in [-0.39, 0.29) is 19.1 Å². The van der Waals surface area contributed by atoms with Crippen LogP contribution in [0.4, 0.5) is 0 Å². The van der Waals surface area contributed by atoms with Gasteiger partial charge in [0.2, 0.25) is 5.91 Å². The highest BCUT2D eigenvalue weighted by Gasteiger charge is 2.28. The summed E-state index contributed by atoms with van der Waals surface area (Å²) in [4.78, 5) is 23.3. The smallest absolute Gasteiger partial charge is 0.391 e. The molecule has 0 saturated carbocycles. The van der Waals surface area contributed by atoms with Crippen molar-refractivity contribution in [3.05, 3.63) is 97.2 Å². The molecule has 0 radical (unpaired) electrons. The monoisotopic (exact) mass is 1010 g/mol. The molecule has 0 heterocycles. The molecular weight excluding hydrogens is 900 g/mol. The number of hydrogen-bond donors (Lipinski definition) is 3. The van der Waals surface area contributed by atoms with Crippen molar-refractivity contribution in [1.82, 2.24) is 5.32 Å². The zero-order valence-corrected chi connectivity index (χ0v) is 47.6. The van der Waals surface area contributed by atoms with Gasteiger partial charge in [-0.1, -0.05) is 252 Å². The summed E-state index contributed by atoms with van der Waals surface area (Å²) < 4.78 is 23.8. The minimum Gasteiger partial charge on any atom is -0.391 e. The number of nitrogens with one attached hydrogen (secondary N) is 1. The summed E-state index contributed by atoms with van der Waals surface area (Å²) in [6.07, 6.45) is 74.6. The largest absolute Gasteiger partial charge is 0.472 e. The van der Waals surface area contributed by atoms with E-state index < -0.39 is 20.0 Å². The summed E-state index contributed by atoms with van der Waals surface area (Å²) in [6.45, 7) is 4.76. The molecule has 0 aliphatic carbocycles. The number of rotatable bonds is 52. The van der Waals surface area contributed by atoms with Gasteiger partial charge in [0.05, 0.1) is 39.9 Å². The molecule has 1 amide bonds. The molecule has 410 valence electrons. The number of quaternary nitrogens is 1. The Hall–Kier alpha value is -2.58. The van der Waals surface area contributed by atoms with Crippen LogP contribution in [0.15, 0.2) is 97.2 Å². The van der Waals surface area contributed by atoms with E-state index in [1.165, 1.54) is 109 Å². The average Bonchev–Trinajstić information content (AvgIpc) is 3.33. The quantitative estimate of drug-likeness (QED) is 0.0243. The summed E-state index contributed by atoms with van der Waals surface area (Å²) in [5.74, 6) is -0.171. The number of phosphoric ester groups is 1. The number of carbonyl (C=O) groups excluding carboxylic acids is 1.